The van der Waals surface area contributed by atoms with Gasteiger partial charge in [-0.25, -0.2) is 0 Å². The molecule has 124 valence electrons. The molecule has 4 heteroatoms. The van der Waals surface area contributed by atoms with E-state index in [0.29, 0.717) is 19.7 Å². The normalized spacial score (nSPS) is 20.5. The van der Waals surface area contributed by atoms with E-state index in [1.54, 1.807) is 12.4 Å². The lowest BCUT2D eigenvalue weighted by Crippen LogP contribution is -2.42. The Morgan fingerprint density at radius 1 is 1.08 bits per heavy atom. The summed E-state index contributed by atoms with van der Waals surface area (Å²) in [6, 6.07) is 10.1. The molecule has 0 bridgehead atoms. The van der Waals surface area contributed by atoms with Crippen LogP contribution in [0.5, 0.6) is 0 Å². The number of hydrogen-bond donors (Lipinski definition) is 0. The molecular weight excluding hydrogens is 300 g/mol. The van der Waals surface area contributed by atoms with Gasteiger partial charge in [0.25, 0.3) is 5.91 Å². The van der Waals surface area contributed by atoms with Crippen LogP contribution in [0.15, 0.2) is 42.7 Å². The molecule has 2 heterocycles. The Morgan fingerprint density at radius 2 is 1.88 bits per heavy atom. The molecule has 4 nitrogen and oxygen atoms in total. The molecule has 0 N–H and O–H groups in total. The second-order valence-electron chi connectivity index (χ2n) is 6.58. The minimum atomic E-state index is -0.0664. The van der Waals surface area contributed by atoms with E-state index in [1.807, 2.05) is 23.1 Å². The third-order valence-electron chi connectivity index (χ3n) is 5.03. The number of amides is 1. The molecule has 1 amide bonds. The van der Waals surface area contributed by atoms with E-state index in [1.165, 1.54) is 24.0 Å². The van der Waals surface area contributed by atoms with Crippen molar-refractivity contribution in [3.8, 4) is 0 Å². The number of carbonyl (C=O) groups is 1. The summed E-state index contributed by atoms with van der Waals surface area (Å²) in [5.41, 5.74) is 4.65. The SMILES string of the molecule is O=C(c1ccc2c(c1)CCCC2)N1CCOC(c2ccncc2)C1. The molecule has 0 radical (unpaired) electrons. The maximum absolute atomic E-state index is 12.9. The van der Waals surface area contributed by atoms with Gasteiger partial charge in [-0.1, -0.05) is 6.07 Å². The van der Waals surface area contributed by atoms with Crippen LogP contribution >= 0.6 is 0 Å². The van der Waals surface area contributed by atoms with Crippen LogP contribution in [0.2, 0.25) is 0 Å². The van der Waals surface area contributed by atoms with Gasteiger partial charge in [0.15, 0.2) is 0 Å². The molecule has 4 rings (SSSR count). The summed E-state index contributed by atoms with van der Waals surface area (Å²) in [6.07, 6.45) is 8.20. The zero-order valence-electron chi connectivity index (χ0n) is 13.8. The first-order valence-corrected chi connectivity index (χ1v) is 8.74. The van der Waals surface area contributed by atoms with Crippen molar-refractivity contribution in [2.24, 2.45) is 0 Å². The van der Waals surface area contributed by atoms with Gasteiger partial charge in [0.05, 0.1) is 13.2 Å². The Balaban J connectivity index is 1.51. The predicted octanol–water partition coefficient (Wildman–Crippen LogP) is 3.17. The molecule has 2 aromatic rings. The lowest BCUT2D eigenvalue weighted by Gasteiger charge is -2.33. The number of pyridine rings is 1. The third kappa shape index (κ3) is 3.06. The highest BCUT2D eigenvalue weighted by Crippen LogP contribution is 2.25. The van der Waals surface area contributed by atoms with Crippen LogP contribution in [0.4, 0.5) is 0 Å². The molecule has 1 atom stereocenters. The van der Waals surface area contributed by atoms with Crippen molar-refractivity contribution in [2.45, 2.75) is 31.8 Å². The number of benzene rings is 1. The molecule has 1 saturated heterocycles. The molecule has 1 aromatic carbocycles. The second-order valence-corrected chi connectivity index (χ2v) is 6.58. The van der Waals surface area contributed by atoms with Gasteiger partial charge in [0.2, 0.25) is 0 Å². The highest BCUT2D eigenvalue weighted by molar-refractivity contribution is 5.94. The third-order valence-corrected chi connectivity index (χ3v) is 5.03. The van der Waals surface area contributed by atoms with Gasteiger partial charge >= 0.3 is 0 Å². The van der Waals surface area contributed by atoms with Crippen LogP contribution in [0.3, 0.4) is 0 Å². The predicted molar refractivity (Wildman–Crippen MR) is 91.9 cm³/mol. The summed E-state index contributed by atoms with van der Waals surface area (Å²) >= 11 is 0. The van der Waals surface area contributed by atoms with Crippen LogP contribution in [0.25, 0.3) is 0 Å². The summed E-state index contributed by atoms with van der Waals surface area (Å²) in [4.78, 5) is 18.9. The first kappa shape index (κ1) is 15.3. The van der Waals surface area contributed by atoms with Gasteiger partial charge in [0.1, 0.15) is 6.10 Å². The van der Waals surface area contributed by atoms with E-state index in [0.717, 1.165) is 24.0 Å². The highest BCUT2D eigenvalue weighted by atomic mass is 16.5. The fraction of sp³-hybridized carbons (Fsp3) is 0.400. The minimum absolute atomic E-state index is 0.0664. The second kappa shape index (κ2) is 6.73. The quantitative estimate of drug-likeness (QED) is 0.853. The van der Waals surface area contributed by atoms with Crippen molar-refractivity contribution >= 4 is 5.91 Å². The van der Waals surface area contributed by atoms with E-state index < -0.39 is 0 Å². The first-order valence-electron chi connectivity index (χ1n) is 8.74. The number of hydrogen-bond acceptors (Lipinski definition) is 3. The lowest BCUT2D eigenvalue weighted by atomic mass is 9.90. The van der Waals surface area contributed by atoms with Gasteiger partial charge in [-0.3, -0.25) is 9.78 Å². The molecule has 1 fully saturated rings. The fourth-order valence-corrected chi connectivity index (χ4v) is 3.66. The average Bonchev–Trinajstić information content (AvgIpc) is 2.68. The van der Waals surface area contributed by atoms with E-state index in [9.17, 15) is 4.79 Å². The van der Waals surface area contributed by atoms with Crippen LogP contribution < -0.4 is 0 Å². The van der Waals surface area contributed by atoms with Crippen molar-refractivity contribution in [2.75, 3.05) is 19.7 Å². The smallest absolute Gasteiger partial charge is 0.254 e. The van der Waals surface area contributed by atoms with E-state index in [2.05, 4.69) is 17.1 Å². The summed E-state index contributed by atoms with van der Waals surface area (Å²) in [6.45, 7) is 1.82. The maximum Gasteiger partial charge on any atom is 0.254 e. The number of carbonyl (C=O) groups excluding carboxylic acids is 1. The zero-order valence-corrected chi connectivity index (χ0v) is 13.8. The molecule has 24 heavy (non-hydrogen) atoms. The van der Waals surface area contributed by atoms with E-state index in [4.69, 9.17) is 4.74 Å². The fourth-order valence-electron chi connectivity index (χ4n) is 3.66. The molecule has 2 aliphatic rings. The Bertz CT molecular complexity index is 730. The molecule has 0 saturated carbocycles. The Morgan fingerprint density at radius 3 is 2.71 bits per heavy atom. The number of rotatable bonds is 2. The number of fused-ring (bicyclic) bond motifs is 1. The number of aryl methyl sites for hydroxylation is 2. The number of ether oxygens (including phenoxy) is 1. The highest BCUT2D eigenvalue weighted by Gasteiger charge is 2.26. The van der Waals surface area contributed by atoms with Crippen molar-refractivity contribution in [1.82, 2.24) is 9.88 Å². The van der Waals surface area contributed by atoms with Gasteiger partial charge in [-0.05, 0) is 66.6 Å². The summed E-state index contributed by atoms with van der Waals surface area (Å²) < 4.78 is 5.85. The molecule has 1 aliphatic heterocycles. The van der Waals surface area contributed by atoms with Crippen LogP contribution in [-0.4, -0.2) is 35.5 Å². The monoisotopic (exact) mass is 322 g/mol. The van der Waals surface area contributed by atoms with Gasteiger partial charge in [0, 0.05) is 24.5 Å². The molecule has 1 aromatic heterocycles. The summed E-state index contributed by atoms with van der Waals surface area (Å²) in [5, 5.41) is 0. The topological polar surface area (TPSA) is 42.4 Å². The van der Waals surface area contributed by atoms with E-state index in [-0.39, 0.29) is 12.0 Å². The Kier molecular flexibility index (Phi) is 4.30. The first-order chi connectivity index (χ1) is 11.8. The largest absolute Gasteiger partial charge is 0.370 e. The van der Waals surface area contributed by atoms with Crippen LogP contribution in [-0.2, 0) is 17.6 Å². The van der Waals surface area contributed by atoms with Gasteiger partial charge in [-0.2, -0.15) is 0 Å². The Hall–Kier alpha value is -2.20. The molecule has 1 unspecified atom stereocenters. The zero-order chi connectivity index (χ0) is 16.4. The minimum Gasteiger partial charge on any atom is -0.370 e. The van der Waals surface area contributed by atoms with Crippen molar-refractivity contribution in [3.63, 3.8) is 0 Å². The number of morpholine rings is 1. The van der Waals surface area contributed by atoms with E-state index >= 15 is 0 Å². The average molecular weight is 322 g/mol. The Labute approximate surface area is 142 Å². The molecule has 1 aliphatic carbocycles. The molecule has 0 spiro atoms. The van der Waals surface area contributed by atoms with Crippen LogP contribution in [0.1, 0.15) is 46.0 Å². The van der Waals surface area contributed by atoms with Crippen LogP contribution in [0, 0.1) is 0 Å². The standard InChI is InChI=1S/C20H22N2O2/c23-20(18-6-5-15-3-1-2-4-17(15)13-18)22-11-12-24-19(14-22)16-7-9-21-10-8-16/h5-10,13,19H,1-4,11-12,14H2. The summed E-state index contributed by atoms with van der Waals surface area (Å²) in [5.74, 6) is 0.116. The maximum atomic E-state index is 12.9. The number of nitrogens with zero attached hydrogens (tertiary/aromatic N) is 2. The summed E-state index contributed by atoms with van der Waals surface area (Å²) in [7, 11) is 0. The van der Waals surface area contributed by atoms with Crippen molar-refractivity contribution in [1.29, 1.82) is 0 Å². The lowest BCUT2D eigenvalue weighted by molar-refractivity contribution is -0.0228. The van der Waals surface area contributed by atoms with Crippen molar-refractivity contribution < 1.29 is 9.53 Å². The van der Waals surface area contributed by atoms with Gasteiger partial charge < -0.3 is 9.64 Å². The van der Waals surface area contributed by atoms with Gasteiger partial charge in [-0.15, -0.1) is 0 Å². The number of aromatic nitrogens is 1. The molecular formula is C20H22N2O2. The van der Waals surface area contributed by atoms with Crippen molar-refractivity contribution in [3.05, 3.63) is 65.0 Å².